The minimum atomic E-state index is -0.138. The zero-order valence-electron chi connectivity index (χ0n) is 15.8. The minimum Gasteiger partial charge on any atom is -0.350 e. The number of nitrogens with one attached hydrogen (secondary N) is 2. The number of hydrogen-bond acceptors (Lipinski definition) is 5. The van der Waals surface area contributed by atoms with Crippen molar-refractivity contribution in [3.63, 3.8) is 0 Å². The molecule has 0 saturated carbocycles. The molecule has 2 heterocycles. The summed E-state index contributed by atoms with van der Waals surface area (Å²) in [4.78, 5) is 21.8. The van der Waals surface area contributed by atoms with Crippen LogP contribution < -0.4 is 16.2 Å². The van der Waals surface area contributed by atoms with Gasteiger partial charge in [0.25, 0.3) is 5.56 Å². The zero-order valence-corrected chi connectivity index (χ0v) is 15.8. The smallest absolute Gasteiger partial charge is 0.263 e. The summed E-state index contributed by atoms with van der Waals surface area (Å²) in [6.45, 7) is 2.66. The van der Waals surface area contributed by atoms with Crippen LogP contribution >= 0.6 is 0 Å². The molecule has 0 aliphatic heterocycles. The minimum absolute atomic E-state index is 0.138. The van der Waals surface area contributed by atoms with E-state index in [-0.39, 0.29) is 5.56 Å². The molecule has 6 heteroatoms. The molecule has 0 atom stereocenters. The molecule has 0 bridgehead atoms. The van der Waals surface area contributed by atoms with Crippen molar-refractivity contribution in [1.82, 2.24) is 14.5 Å². The summed E-state index contributed by atoms with van der Waals surface area (Å²) >= 11 is 0. The van der Waals surface area contributed by atoms with Crippen molar-refractivity contribution in [2.75, 3.05) is 10.6 Å². The number of fused-ring (bicyclic) bond motifs is 1. The molecule has 0 aliphatic carbocycles. The molecule has 28 heavy (non-hydrogen) atoms. The Labute approximate surface area is 162 Å². The second-order valence-corrected chi connectivity index (χ2v) is 6.72. The van der Waals surface area contributed by atoms with Crippen LogP contribution in [0.25, 0.3) is 10.9 Å². The molecule has 0 saturated heterocycles. The van der Waals surface area contributed by atoms with Crippen molar-refractivity contribution in [2.45, 2.75) is 13.5 Å². The fourth-order valence-corrected chi connectivity index (χ4v) is 2.95. The lowest BCUT2D eigenvalue weighted by atomic mass is 10.1. The average Bonchev–Trinajstić information content (AvgIpc) is 2.71. The topological polar surface area (TPSA) is 71.8 Å². The lowest BCUT2D eigenvalue weighted by molar-refractivity contribution is 0.870. The Bertz CT molecular complexity index is 1170. The molecule has 140 valence electrons. The Kier molecular flexibility index (Phi) is 4.76. The van der Waals surface area contributed by atoms with Crippen LogP contribution in [0.2, 0.25) is 0 Å². The summed E-state index contributed by atoms with van der Waals surface area (Å²) < 4.78 is 1.53. The Hall–Kier alpha value is -3.67. The van der Waals surface area contributed by atoms with Crippen molar-refractivity contribution < 1.29 is 0 Å². The highest BCUT2D eigenvalue weighted by Crippen LogP contribution is 2.22. The fourth-order valence-electron chi connectivity index (χ4n) is 2.95. The van der Waals surface area contributed by atoms with Crippen LogP contribution in [0.4, 0.5) is 17.5 Å². The lowest BCUT2D eigenvalue weighted by Crippen LogP contribution is -2.18. The van der Waals surface area contributed by atoms with Gasteiger partial charge in [-0.25, -0.2) is 4.98 Å². The highest BCUT2D eigenvalue weighted by molar-refractivity contribution is 5.90. The van der Waals surface area contributed by atoms with E-state index in [0.717, 1.165) is 11.3 Å². The van der Waals surface area contributed by atoms with Crippen molar-refractivity contribution >= 4 is 28.4 Å². The number of para-hydroxylation sites is 1. The maximum Gasteiger partial charge on any atom is 0.263 e. The van der Waals surface area contributed by atoms with Gasteiger partial charge in [-0.15, -0.1) is 0 Å². The number of rotatable bonds is 5. The first-order valence-corrected chi connectivity index (χ1v) is 9.09. The van der Waals surface area contributed by atoms with Gasteiger partial charge in [0.2, 0.25) is 5.95 Å². The van der Waals surface area contributed by atoms with Gasteiger partial charge in [-0.05, 0) is 30.7 Å². The highest BCUT2D eigenvalue weighted by Gasteiger charge is 2.12. The number of hydrogen-bond donors (Lipinski definition) is 2. The SMILES string of the molecule is Cc1ccc(CNc2nc(Nc3ccccc3)c3c(=O)n(C)ccc3n2)cc1. The third-order valence-electron chi connectivity index (χ3n) is 4.53. The summed E-state index contributed by atoms with van der Waals surface area (Å²) in [5.41, 5.74) is 3.67. The molecular formula is C22H21N5O. The van der Waals surface area contributed by atoms with Crippen molar-refractivity contribution in [3.05, 3.63) is 88.3 Å². The molecule has 4 rings (SSSR count). The van der Waals surface area contributed by atoms with Crippen LogP contribution in [0.3, 0.4) is 0 Å². The first-order valence-electron chi connectivity index (χ1n) is 9.09. The Morgan fingerprint density at radius 2 is 1.71 bits per heavy atom. The largest absolute Gasteiger partial charge is 0.350 e. The summed E-state index contributed by atoms with van der Waals surface area (Å²) in [6.07, 6.45) is 1.72. The number of aromatic nitrogens is 3. The van der Waals surface area contributed by atoms with Gasteiger partial charge in [0.05, 0.1) is 5.52 Å². The standard InChI is InChI=1S/C22H21N5O/c1-15-8-10-16(11-9-15)14-23-22-25-18-12-13-27(2)21(28)19(18)20(26-22)24-17-6-4-3-5-7-17/h3-13H,14H2,1-2H3,(H2,23,24,25,26). The predicted molar refractivity (Wildman–Crippen MR) is 113 cm³/mol. The number of anilines is 3. The van der Waals surface area contributed by atoms with Gasteiger partial charge in [0, 0.05) is 25.5 Å². The second-order valence-electron chi connectivity index (χ2n) is 6.72. The quantitative estimate of drug-likeness (QED) is 0.555. The number of aryl methyl sites for hydroxylation is 2. The molecule has 6 nitrogen and oxygen atoms in total. The van der Waals surface area contributed by atoms with Crippen LogP contribution in [-0.2, 0) is 13.6 Å². The Balaban J connectivity index is 1.72. The second kappa shape index (κ2) is 7.52. The summed E-state index contributed by atoms with van der Waals surface area (Å²) in [7, 11) is 1.72. The van der Waals surface area contributed by atoms with Crippen LogP contribution in [0.15, 0.2) is 71.7 Å². The average molecular weight is 371 g/mol. The maximum atomic E-state index is 12.7. The van der Waals surface area contributed by atoms with Gasteiger partial charge >= 0.3 is 0 Å². The highest BCUT2D eigenvalue weighted by atomic mass is 16.1. The van der Waals surface area contributed by atoms with E-state index in [2.05, 4.69) is 51.8 Å². The van der Waals surface area contributed by atoms with Crippen molar-refractivity contribution in [2.24, 2.45) is 7.05 Å². The van der Waals surface area contributed by atoms with E-state index < -0.39 is 0 Å². The molecule has 0 amide bonds. The van der Waals surface area contributed by atoms with Crippen LogP contribution in [0, 0.1) is 6.92 Å². The number of benzene rings is 2. The normalized spacial score (nSPS) is 10.8. The van der Waals surface area contributed by atoms with E-state index in [1.54, 1.807) is 13.2 Å². The van der Waals surface area contributed by atoms with E-state index in [9.17, 15) is 4.79 Å². The monoisotopic (exact) mass is 371 g/mol. The first-order chi connectivity index (χ1) is 13.6. The Morgan fingerprint density at radius 3 is 2.46 bits per heavy atom. The fraction of sp³-hybridized carbons (Fsp3) is 0.136. The first kappa shape index (κ1) is 17.7. The molecule has 0 radical (unpaired) electrons. The van der Waals surface area contributed by atoms with E-state index in [1.807, 2.05) is 36.4 Å². The van der Waals surface area contributed by atoms with Gasteiger partial charge in [0.1, 0.15) is 11.2 Å². The van der Waals surface area contributed by atoms with Crippen LogP contribution in [-0.4, -0.2) is 14.5 Å². The van der Waals surface area contributed by atoms with Gasteiger partial charge < -0.3 is 15.2 Å². The van der Waals surface area contributed by atoms with Gasteiger partial charge in [-0.3, -0.25) is 4.79 Å². The van der Waals surface area contributed by atoms with Crippen LogP contribution in [0.5, 0.6) is 0 Å². The third kappa shape index (κ3) is 3.71. The summed E-state index contributed by atoms with van der Waals surface area (Å²) in [5.74, 6) is 0.962. The molecule has 0 unspecified atom stereocenters. The van der Waals surface area contributed by atoms with Crippen LogP contribution in [0.1, 0.15) is 11.1 Å². The Morgan fingerprint density at radius 1 is 0.964 bits per heavy atom. The van der Waals surface area contributed by atoms with Gasteiger partial charge in [-0.1, -0.05) is 48.0 Å². The molecule has 2 N–H and O–H groups in total. The molecule has 2 aromatic heterocycles. The number of pyridine rings is 1. The lowest BCUT2D eigenvalue weighted by Gasteiger charge is -2.12. The zero-order chi connectivity index (χ0) is 19.5. The molecule has 0 aliphatic rings. The van der Waals surface area contributed by atoms with E-state index in [1.165, 1.54) is 10.1 Å². The summed E-state index contributed by atoms with van der Waals surface area (Å²) in [5, 5.41) is 6.99. The van der Waals surface area contributed by atoms with Crippen molar-refractivity contribution in [1.29, 1.82) is 0 Å². The number of nitrogens with zero attached hydrogens (tertiary/aromatic N) is 3. The molecule has 0 fully saturated rings. The molecule has 4 aromatic rings. The van der Waals surface area contributed by atoms with E-state index in [0.29, 0.717) is 29.2 Å². The van der Waals surface area contributed by atoms with Gasteiger partial charge in [0.15, 0.2) is 0 Å². The maximum absolute atomic E-state index is 12.7. The third-order valence-corrected chi connectivity index (χ3v) is 4.53. The molecular weight excluding hydrogens is 350 g/mol. The summed E-state index contributed by atoms with van der Waals surface area (Å²) in [6, 6.07) is 19.8. The van der Waals surface area contributed by atoms with E-state index >= 15 is 0 Å². The van der Waals surface area contributed by atoms with E-state index in [4.69, 9.17) is 0 Å². The molecule has 0 spiro atoms. The van der Waals surface area contributed by atoms with Gasteiger partial charge in [-0.2, -0.15) is 4.98 Å². The predicted octanol–water partition coefficient (Wildman–Crippen LogP) is 3.99. The van der Waals surface area contributed by atoms with Crippen molar-refractivity contribution in [3.8, 4) is 0 Å². The molecule has 2 aromatic carbocycles.